The fourth-order valence-corrected chi connectivity index (χ4v) is 1.71. The summed E-state index contributed by atoms with van der Waals surface area (Å²) in [6.07, 6.45) is 0.719. The molecule has 2 atom stereocenters. The van der Waals surface area contributed by atoms with Crippen molar-refractivity contribution in [1.29, 1.82) is 0 Å². The summed E-state index contributed by atoms with van der Waals surface area (Å²) in [5.74, 6) is 0. The Kier molecular flexibility index (Phi) is 3.30. The van der Waals surface area contributed by atoms with Crippen LogP contribution in [0, 0.1) is 0 Å². The van der Waals surface area contributed by atoms with Crippen LogP contribution in [0.5, 0.6) is 0 Å². The number of methoxy groups -OCH3 is 1. The Morgan fingerprint density at radius 2 is 2.36 bits per heavy atom. The number of nitrogens with zero attached hydrogens (tertiary/aromatic N) is 1. The molecular formula is C8H17NO2. The highest BCUT2D eigenvalue weighted by molar-refractivity contribution is 4.83. The number of aliphatic hydroxyl groups excluding tert-OH is 1. The largest absolute Gasteiger partial charge is 0.392 e. The quantitative estimate of drug-likeness (QED) is 0.633. The molecule has 11 heavy (non-hydrogen) atoms. The number of β-amino-alcohol motifs (C(OH)–C–C–N with tert-alkyl or cyclic N) is 1. The normalized spacial score (nSPS) is 33.0. The lowest BCUT2D eigenvalue weighted by Crippen LogP contribution is -2.32. The molecule has 0 saturated carbocycles. The maximum atomic E-state index is 9.33. The van der Waals surface area contributed by atoms with Crippen LogP contribution in [0.1, 0.15) is 13.3 Å². The number of hydrogen-bond donors (Lipinski definition) is 1. The van der Waals surface area contributed by atoms with Gasteiger partial charge in [0, 0.05) is 19.7 Å². The van der Waals surface area contributed by atoms with Gasteiger partial charge in [-0.15, -0.1) is 0 Å². The SMILES string of the molecule is CCN1C[C@H](O)C[C@H]1COC. The monoisotopic (exact) mass is 159 g/mol. The molecule has 3 heteroatoms. The topological polar surface area (TPSA) is 32.7 Å². The second-order valence-corrected chi connectivity index (χ2v) is 3.09. The maximum Gasteiger partial charge on any atom is 0.0683 e. The Bertz CT molecular complexity index is 119. The third-order valence-electron chi connectivity index (χ3n) is 2.27. The molecule has 1 rings (SSSR count). The summed E-state index contributed by atoms with van der Waals surface area (Å²) >= 11 is 0. The van der Waals surface area contributed by atoms with Gasteiger partial charge in [-0.1, -0.05) is 6.92 Å². The molecule has 0 bridgehead atoms. The zero-order valence-corrected chi connectivity index (χ0v) is 7.29. The fraction of sp³-hybridized carbons (Fsp3) is 1.00. The lowest BCUT2D eigenvalue weighted by atomic mass is 10.2. The minimum absolute atomic E-state index is 0.143. The molecule has 0 aromatic carbocycles. The molecule has 1 fully saturated rings. The van der Waals surface area contributed by atoms with Crippen molar-refractivity contribution in [3.63, 3.8) is 0 Å². The zero-order valence-electron chi connectivity index (χ0n) is 7.29. The first-order valence-electron chi connectivity index (χ1n) is 4.19. The average Bonchev–Trinajstić information content (AvgIpc) is 2.32. The molecule has 1 saturated heterocycles. The molecule has 0 spiro atoms. The van der Waals surface area contributed by atoms with Gasteiger partial charge >= 0.3 is 0 Å². The van der Waals surface area contributed by atoms with E-state index >= 15 is 0 Å². The van der Waals surface area contributed by atoms with E-state index in [9.17, 15) is 5.11 Å². The molecule has 0 aliphatic carbocycles. The Morgan fingerprint density at radius 1 is 1.64 bits per heavy atom. The molecule has 1 N–H and O–H groups in total. The zero-order chi connectivity index (χ0) is 8.27. The van der Waals surface area contributed by atoms with Gasteiger partial charge in [-0.2, -0.15) is 0 Å². The second-order valence-electron chi connectivity index (χ2n) is 3.09. The van der Waals surface area contributed by atoms with Gasteiger partial charge in [0.2, 0.25) is 0 Å². The number of rotatable bonds is 3. The summed E-state index contributed by atoms with van der Waals surface area (Å²) in [6, 6.07) is 0.431. The smallest absolute Gasteiger partial charge is 0.0683 e. The minimum atomic E-state index is -0.143. The van der Waals surface area contributed by atoms with E-state index in [1.54, 1.807) is 7.11 Å². The van der Waals surface area contributed by atoms with Crippen LogP contribution in [-0.2, 0) is 4.74 Å². The fourth-order valence-electron chi connectivity index (χ4n) is 1.71. The standard InChI is InChI=1S/C8H17NO2/c1-3-9-5-8(10)4-7(9)6-11-2/h7-8,10H,3-6H2,1-2H3/t7-,8+/m0/s1. The maximum absolute atomic E-state index is 9.33. The summed E-state index contributed by atoms with van der Waals surface area (Å²) in [5, 5.41) is 9.33. The van der Waals surface area contributed by atoms with Crippen molar-refractivity contribution < 1.29 is 9.84 Å². The van der Waals surface area contributed by atoms with Crippen LogP contribution in [0.2, 0.25) is 0 Å². The number of hydrogen-bond acceptors (Lipinski definition) is 3. The van der Waals surface area contributed by atoms with Crippen molar-refractivity contribution >= 4 is 0 Å². The van der Waals surface area contributed by atoms with Crippen molar-refractivity contribution in [2.24, 2.45) is 0 Å². The van der Waals surface area contributed by atoms with Gasteiger partial charge in [-0.25, -0.2) is 0 Å². The van der Waals surface area contributed by atoms with Crippen LogP contribution in [0.15, 0.2) is 0 Å². The van der Waals surface area contributed by atoms with E-state index in [2.05, 4.69) is 11.8 Å². The first kappa shape index (κ1) is 8.97. The van der Waals surface area contributed by atoms with Crippen molar-refractivity contribution in [2.45, 2.75) is 25.5 Å². The lowest BCUT2D eigenvalue weighted by Gasteiger charge is -2.20. The lowest BCUT2D eigenvalue weighted by molar-refractivity contribution is 0.119. The van der Waals surface area contributed by atoms with Crippen molar-refractivity contribution in [2.75, 3.05) is 26.8 Å². The minimum Gasteiger partial charge on any atom is -0.392 e. The van der Waals surface area contributed by atoms with E-state index < -0.39 is 0 Å². The number of aliphatic hydroxyl groups is 1. The molecule has 0 amide bonds. The third kappa shape index (κ3) is 2.15. The van der Waals surface area contributed by atoms with Crippen LogP contribution >= 0.6 is 0 Å². The van der Waals surface area contributed by atoms with Crippen LogP contribution in [-0.4, -0.2) is 49.0 Å². The van der Waals surface area contributed by atoms with E-state index in [4.69, 9.17) is 4.74 Å². The van der Waals surface area contributed by atoms with E-state index in [0.29, 0.717) is 6.04 Å². The highest BCUT2D eigenvalue weighted by Gasteiger charge is 2.29. The van der Waals surface area contributed by atoms with Crippen LogP contribution in [0.4, 0.5) is 0 Å². The molecule has 0 radical (unpaired) electrons. The molecule has 1 aliphatic rings. The van der Waals surface area contributed by atoms with Gasteiger partial charge in [0.25, 0.3) is 0 Å². The van der Waals surface area contributed by atoms with Gasteiger partial charge in [-0.3, -0.25) is 4.90 Å². The third-order valence-corrected chi connectivity index (χ3v) is 2.27. The summed E-state index contributed by atoms with van der Waals surface area (Å²) < 4.78 is 5.05. The molecule has 66 valence electrons. The molecule has 1 heterocycles. The molecular weight excluding hydrogens is 142 g/mol. The van der Waals surface area contributed by atoms with Crippen molar-refractivity contribution in [3.8, 4) is 0 Å². The van der Waals surface area contributed by atoms with Gasteiger partial charge < -0.3 is 9.84 Å². The molecule has 0 unspecified atom stereocenters. The van der Waals surface area contributed by atoms with Gasteiger partial charge in [0.15, 0.2) is 0 Å². The summed E-state index contributed by atoms with van der Waals surface area (Å²) in [4.78, 5) is 2.26. The van der Waals surface area contributed by atoms with E-state index in [1.807, 2.05) is 0 Å². The highest BCUT2D eigenvalue weighted by atomic mass is 16.5. The van der Waals surface area contributed by atoms with Gasteiger partial charge in [0.1, 0.15) is 0 Å². The summed E-state index contributed by atoms with van der Waals surface area (Å²) in [6.45, 7) is 4.67. The van der Waals surface area contributed by atoms with E-state index in [0.717, 1.165) is 26.1 Å². The summed E-state index contributed by atoms with van der Waals surface area (Å²) in [5.41, 5.74) is 0. The van der Waals surface area contributed by atoms with Crippen LogP contribution < -0.4 is 0 Å². The predicted molar refractivity (Wildman–Crippen MR) is 43.5 cm³/mol. The first-order chi connectivity index (χ1) is 5.27. The second kappa shape index (κ2) is 4.04. The van der Waals surface area contributed by atoms with E-state index in [-0.39, 0.29) is 6.10 Å². The van der Waals surface area contributed by atoms with Gasteiger partial charge in [-0.05, 0) is 13.0 Å². The molecule has 1 aliphatic heterocycles. The molecule has 0 aromatic heterocycles. The number of ether oxygens (including phenoxy) is 1. The van der Waals surface area contributed by atoms with Crippen LogP contribution in [0.25, 0.3) is 0 Å². The van der Waals surface area contributed by atoms with Crippen LogP contribution in [0.3, 0.4) is 0 Å². The number of likely N-dealkylation sites (tertiary alicyclic amines) is 1. The van der Waals surface area contributed by atoms with E-state index in [1.165, 1.54) is 0 Å². The van der Waals surface area contributed by atoms with Crippen molar-refractivity contribution in [1.82, 2.24) is 4.90 Å². The highest BCUT2D eigenvalue weighted by Crippen LogP contribution is 2.16. The molecule has 0 aromatic rings. The number of likely N-dealkylation sites (N-methyl/N-ethyl adjacent to an activating group) is 1. The molecule has 3 nitrogen and oxygen atoms in total. The first-order valence-corrected chi connectivity index (χ1v) is 4.19. The Labute approximate surface area is 68.0 Å². The Hall–Kier alpha value is -0.120. The predicted octanol–water partition coefficient (Wildman–Crippen LogP) is 0.0879. The van der Waals surface area contributed by atoms with Crippen molar-refractivity contribution in [3.05, 3.63) is 0 Å². The summed E-state index contributed by atoms with van der Waals surface area (Å²) in [7, 11) is 1.71. The Balaban J connectivity index is 2.37. The van der Waals surface area contributed by atoms with Gasteiger partial charge in [0.05, 0.1) is 12.7 Å². The Morgan fingerprint density at radius 3 is 2.91 bits per heavy atom. The average molecular weight is 159 g/mol.